The molecule has 1 aromatic carbocycles. The number of benzene rings is 1. The van der Waals surface area contributed by atoms with Crippen molar-refractivity contribution >= 4 is 37.7 Å². The molecule has 0 aliphatic heterocycles. The number of amidine groups is 1. The van der Waals surface area contributed by atoms with Crippen molar-refractivity contribution in [3.63, 3.8) is 0 Å². The first-order valence-corrected chi connectivity index (χ1v) is 7.72. The molecule has 0 bridgehead atoms. The van der Waals surface area contributed by atoms with E-state index >= 15 is 0 Å². The van der Waals surface area contributed by atoms with Crippen LogP contribution in [0.5, 0.6) is 0 Å². The summed E-state index contributed by atoms with van der Waals surface area (Å²) < 4.78 is 28.9. The minimum Gasteiger partial charge on any atom is -0.409 e. The third-order valence-corrected chi connectivity index (χ3v) is 3.72. The summed E-state index contributed by atoms with van der Waals surface area (Å²) in [4.78, 5) is 0. The summed E-state index contributed by atoms with van der Waals surface area (Å²) in [5.74, 6) is -0.180. The van der Waals surface area contributed by atoms with E-state index in [9.17, 15) is 8.42 Å². The third-order valence-electron chi connectivity index (χ3n) is 2.15. The molecule has 1 rings (SSSR count). The summed E-state index contributed by atoms with van der Waals surface area (Å²) in [5.41, 5.74) is 5.99. The van der Waals surface area contributed by atoms with Gasteiger partial charge in [0.25, 0.3) is 10.2 Å². The monoisotopic (exact) mass is 350 g/mol. The van der Waals surface area contributed by atoms with Crippen molar-refractivity contribution in [2.24, 2.45) is 10.9 Å². The molecule has 0 aliphatic carbocycles. The van der Waals surface area contributed by atoms with Crippen LogP contribution < -0.4 is 15.2 Å². The number of hydrogen-bond acceptors (Lipinski definition) is 4. The van der Waals surface area contributed by atoms with E-state index < -0.39 is 10.2 Å². The lowest BCUT2D eigenvalue weighted by molar-refractivity contribution is 0.318. The number of nitrogens with zero attached hydrogens (tertiary/aromatic N) is 1. The minimum atomic E-state index is -3.69. The Hall–Kier alpha value is -1.32. The van der Waals surface area contributed by atoms with Crippen molar-refractivity contribution < 1.29 is 13.6 Å². The number of oxime groups is 1. The maximum Gasteiger partial charge on any atom is 0.299 e. The van der Waals surface area contributed by atoms with Crippen molar-refractivity contribution in [3.8, 4) is 0 Å². The third kappa shape index (κ3) is 4.69. The average Bonchev–Trinajstić information content (AvgIpc) is 2.35. The molecule has 0 spiro atoms. The minimum absolute atomic E-state index is 0.180. The van der Waals surface area contributed by atoms with Gasteiger partial charge in [0, 0.05) is 16.6 Å². The number of rotatable bonds is 6. The Balaban J connectivity index is 3.09. The summed E-state index contributed by atoms with van der Waals surface area (Å²) in [6.45, 7) is 2.17. The highest BCUT2D eigenvalue weighted by atomic mass is 79.9. The number of nitrogens with two attached hydrogens (primary N) is 1. The molecule has 0 heterocycles. The van der Waals surface area contributed by atoms with Crippen LogP contribution in [-0.2, 0) is 10.2 Å². The van der Waals surface area contributed by atoms with Crippen LogP contribution in [-0.4, -0.2) is 26.0 Å². The number of anilines is 1. The lowest BCUT2D eigenvalue weighted by Crippen LogP contribution is -2.31. The van der Waals surface area contributed by atoms with Crippen LogP contribution in [0.15, 0.2) is 27.8 Å². The van der Waals surface area contributed by atoms with Crippen LogP contribution >= 0.6 is 15.9 Å². The predicted molar refractivity (Wildman–Crippen MR) is 77.5 cm³/mol. The molecular formula is C10H15BrN4O3S. The Bertz CT molecular complexity index is 574. The number of nitrogens with one attached hydrogen (secondary N) is 2. The highest BCUT2D eigenvalue weighted by Gasteiger charge is 2.14. The maximum absolute atomic E-state index is 11.8. The van der Waals surface area contributed by atoms with Gasteiger partial charge in [0.1, 0.15) is 0 Å². The smallest absolute Gasteiger partial charge is 0.299 e. The van der Waals surface area contributed by atoms with Crippen molar-refractivity contribution in [1.29, 1.82) is 0 Å². The number of hydrogen-bond donors (Lipinski definition) is 4. The fourth-order valence-corrected chi connectivity index (χ4v) is 2.66. The average molecular weight is 351 g/mol. The highest BCUT2D eigenvalue weighted by Crippen LogP contribution is 2.22. The molecule has 1 aromatic rings. The fraction of sp³-hybridized carbons (Fsp3) is 0.300. The van der Waals surface area contributed by atoms with Gasteiger partial charge in [0.2, 0.25) is 0 Å². The largest absolute Gasteiger partial charge is 0.409 e. The molecule has 0 aromatic heterocycles. The summed E-state index contributed by atoms with van der Waals surface area (Å²) in [6, 6.07) is 4.72. The summed E-state index contributed by atoms with van der Waals surface area (Å²) in [6.07, 6.45) is 0.673. The van der Waals surface area contributed by atoms with E-state index in [4.69, 9.17) is 10.9 Å². The molecule has 106 valence electrons. The topological polar surface area (TPSA) is 117 Å². The van der Waals surface area contributed by atoms with E-state index in [1.807, 2.05) is 6.92 Å². The molecule has 9 heteroatoms. The maximum atomic E-state index is 11.8. The summed E-state index contributed by atoms with van der Waals surface area (Å²) in [7, 11) is -3.69. The molecule has 0 amide bonds. The van der Waals surface area contributed by atoms with Gasteiger partial charge in [-0.15, -0.1) is 0 Å². The zero-order valence-electron chi connectivity index (χ0n) is 10.2. The fourth-order valence-electron chi connectivity index (χ4n) is 1.30. The molecule has 0 aliphatic rings. The van der Waals surface area contributed by atoms with E-state index in [1.165, 1.54) is 12.1 Å². The Morgan fingerprint density at radius 2 is 2.21 bits per heavy atom. The van der Waals surface area contributed by atoms with Gasteiger partial charge >= 0.3 is 0 Å². The van der Waals surface area contributed by atoms with Gasteiger partial charge in [-0.3, -0.25) is 4.72 Å². The molecule has 0 atom stereocenters. The van der Waals surface area contributed by atoms with Crippen molar-refractivity contribution in [2.45, 2.75) is 13.3 Å². The lowest BCUT2D eigenvalue weighted by atomic mass is 10.2. The Morgan fingerprint density at radius 3 is 2.79 bits per heavy atom. The highest BCUT2D eigenvalue weighted by molar-refractivity contribution is 9.10. The Labute approximate surface area is 120 Å². The molecule has 7 nitrogen and oxygen atoms in total. The summed E-state index contributed by atoms with van der Waals surface area (Å²) in [5, 5.41) is 11.5. The van der Waals surface area contributed by atoms with Gasteiger partial charge in [-0.2, -0.15) is 13.1 Å². The standard InChI is InChI=1S/C10H15BrN4O3S/c1-2-5-13-19(17,18)15-9-6-7(11)3-4-8(9)10(12)14-16/h3-4,6,13,15-16H,2,5H2,1H3,(H2,12,14). The van der Waals surface area contributed by atoms with Gasteiger partial charge in [0.15, 0.2) is 5.84 Å². The SMILES string of the molecule is CCCNS(=O)(=O)Nc1cc(Br)ccc1/C(N)=N/O. The van der Waals surface area contributed by atoms with Crippen LogP contribution in [0.3, 0.4) is 0 Å². The zero-order valence-corrected chi connectivity index (χ0v) is 12.6. The second kappa shape index (κ2) is 6.73. The molecule has 0 radical (unpaired) electrons. The second-order valence-corrected chi connectivity index (χ2v) is 6.09. The first-order chi connectivity index (χ1) is 8.89. The van der Waals surface area contributed by atoms with Gasteiger partial charge < -0.3 is 10.9 Å². The normalized spacial score (nSPS) is 12.4. The van der Waals surface area contributed by atoms with Gasteiger partial charge in [0.05, 0.1) is 5.69 Å². The molecule has 0 fully saturated rings. The molecule has 0 unspecified atom stereocenters. The van der Waals surface area contributed by atoms with Crippen LogP contribution in [0.4, 0.5) is 5.69 Å². The van der Waals surface area contributed by atoms with Gasteiger partial charge in [-0.25, -0.2) is 0 Å². The van der Waals surface area contributed by atoms with Gasteiger partial charge in [-0.05, 0) is 24.6 Å². The molecule has 19 heavy (non-hydrogen) atoms. The molecular weight excluding hydrogens is 336 g/mol. The first kappa shape index (κ1) is 15.7. The Morgan fingerprint density at radius 1 is 1.53 bits per heavy atom. The van der Waals surface area contributed by atoms with E-state index in [-0.39, 0.29) is 17.1 Å². The number of halogens is 1. The van der Waals surface area contributed by atoms with E-state index in [0.29, 0.717) is 17.4 Å². The lowest BCUT2D eigenvalue weighted by Gasteiger charge is -2.12. The van der Waals surface area contributed by atoms with Crippen molar-refractivity contribution in [1.82, 2.24) is 4.72 Å². The van der Waals surface area contributed by atoms with E-state index in [1.54, 1.807) is 6.07 Å². The van der Waals surface area contributed by atoms with Crippen LogP contribution in [0, 0.1) is 0 Å². The predicted octanol–water partition coefficient (Wildman–Crippen LogP) is 1.20. The van der Waals surface area contributed by atoms with Gasteiger partial charge in [-0.1, -0.05) is 28.0 Å². The van der Waals surface area contributed by atoms with E-state index in [2.05, 4.69) is 30.5 Å². The Kier molecular flexibility index (Phi) is 5.58. The summed E-state index contributed by atoms with van der Waals surface area (Å²) >= 11 is 3.23. The van der Waals surface area contributed by atoms with Crippen LogP contribution in [0.1, 0.15) is 18.9 Å². The molecule has 0 saturated heterocycles. The quantitative estimate of drug-likeness (QED) is 0.267. The van der Waals surface area contributed by atoms with E-state index in [0.717, 1.165) is 0 Å². The van der Waals surface area contributed by atoms with Crippen LogP contribution in [0.2, 0.25) is 0 Å². The second-order valence-electron chi connectivity index (χ2n) is 3.67. The first-order valence-electron chi connectivity index (χ1n) is 5.44. The molecule has 5 N–H and O–H groups in total. The zero-order chi connectivity index (χ0) is 14.5. The van der Waals surface area contributed by atoms with Crippen molar-refractivity contribution in [3.05, 3.63) is 28.2 Å². The molecule has 0 saturated carbocycles. The van der Waals surface area contributed by atoms with Crippen LogP contribution in [0.25, 0.3) is 0 Å². The van der Waals surface area contributed by atoms with Crippen molar-refractivity contribution in [2.75, 3.05) is 11.3 Å².